The van der Waals surface area contributed by atoms with Crippen LogP contribution in [0.25, 0.3) is 22.1 Å². The summed E-state index contributed by atoms with van der Waals surface area (Å²) < 4.78 is 60.4. The van der Waals surface area contributed by atoms with Gasteiger partial charge in [-0.25, -0.2) is 27.5 Å². The lowest BCUT2D eigenvalue weighted by molar-refractivity contribution is 0.475. The minimum absolute atomic E-state index is 0.0155. The van der Waals surface area contributed by atoms with Gasteiger partial charge in [0.15, 0.2) is 23.3 Å². The molecule has 4 N–H and O–H groups in total. The van der Waals surface area contributed by atoms with Gasteiger partial charge in [-0.1, -0.05) is 18.2 Å². The first-order valence-electron chi connectivity index (χ1n) is 19.8. The second-order valence-electron chi connectivity index (χ2n) is 15.8. The topological polar surface area (TPSA) is 87.9 Å². The standard InChI is InChI=1S/C43H44F4N8/c44-29-8-5-25(19-30(29)45)24-13-17-54(18-14-24)41-31(46)22-28(23-32(41)47)55-39(26-6-9-33-37(20-26)52-42(50-33)35-3-1-15-48-35)11-12-40(55)27-7-10-34-38(21-27)53-43(51-34)36-4-2-16-49-36/h5-10,19-24,35-36,39-40,48-49H,1-4,11-18H2,(H,50,52)(H,51,53)/t35-,36-,39-,40+/m0/s1. The maximum Gasteiger partial charge on any atom is 0.159 e. The van der Waals surface area contributed by atoms with Gasteiger partial charge in [0.05, 0.1) is 46.2 Å². The number of benzene rings is 4. The monoisotopic (exact) mass is 748 g/mol. The first-order valence-corrected chi connectivity index (χ1v) is 19.8. The van der Waals surface area contributed by atoms with Crippen LogP contribution in [0.5, 0.6) is 0 Å². The van der Waals surface area contributed by atoms with Gasteiger partial charge in [-0.3, -0.25) is 0 Å². The largest absolute Gasteiger partial charge is 0.367 e. The lowest BCUT2D eigenvalue weighted by Crippen LogP contribution is -2.34. The number of aromatic nitrogens is 4. The number of aromatic amines is 2. The number of hydrogen-bond acceptors (Lipinski definition) is 6. The fourth-order valence-electron chi connectivity index (χ4n) is 9.71. The lowest BCUT2D eigenvalue weighted by atomic mass is 9.89. The van der Waals surface area contributed by atoms with Crippen molar-refractivity contribution in [2.24, 2.45) is 0 Å². The van der Waals surface area contributed by atoms with Crippen LogP contribution >= 0.6 is 0 Å². The van der Waals surface area contributed by atoms with Gasteiger partial charge in [0.25, 0.3) is 0 Å². The zero-order valence-electron chi connectivity index (χ0n) is 30.5. The molecule has 0 saturated carbocycles. The van der Waals surface area contributed by atoms with E-state index in [4.69, 9.17) is 9.97 Å². The molecule has 4 aromatic carbocycles. The van der Waals surface area contributed by atoms with E-state index in [-0.39, 0.29) is 35.8 Å². The second kappa shape index (κ2) is 14.0. The number of H-pyrrole nitrogens is 2. The maximum atomic E-state index is 16.4. The Balaban J connectivity index is 0.982. The molecule has 4 saturated heterocycles. The van der Waals surface area contributed by atoms with E-state index in [1.54, 1.807) is 11.0 Å². The molecule has 10 rings (SSSR count). The van der Waals surface area contributed by atoms with Crippen LogP contribution in [-0.4, -0.2) is 46.1 Å². The van der Waals surface area contributed by atoms with Crippen LogP contribution in [-0.2, 0) is 0 Å². The lowest BCUT2D eigenvalue weighted by Gasteiger charge is -2.36. The van der Waals surface area contributed by atoms with Gasteiger partial charge >= 0.3 is 0 Å². The van der Waals surface area contributed by atoms with Gasteiger partial charge in [-0.15, -0.1) is 0 Å². The summed E-state index contributed by atoms with van der Waals surface area (Å²) in [6.45, 7) is 2.76. The van der Waals surface area contributed by atoms with E-state index < -0.39 is 23.3 Å². The molecule has 8 nitrogen and oxygen atoms in total. The zero-order chi connectivity index (χ0) is 37.2. The molecule has 0 bridgehead atoms. The van der Waals surface area contributed by atoms with Gasteiger partial charge in [0.2, 0.25) is 0 Å². The first-order chi connectivity index (χ1) is 26.9. The second-order valence-corrected chi connectivity index (χ2v) is 15.8. The van der Waals surface area contributed by atoms with Crippen LogP contribution in [0.1, 0.15) is 110 Å². The summed E-state index contributed by atoms with van der Waals surface area (Å²) in [6.07, 6.45) is 7.07. The summed E-state index contributed by atoms with van der Waals surface area (Å²) in [5.74, 6) is -1.11. The molecular weight excluding hydrogens is 705 g/mol. The van der Waals surface area contributed by atoms with E-state index in [2.05, 4.69) is 61.9 Å². The Morgan fingerprint density at radius 3 is 1.60 bits per heavy atom. The van der Waals surface area contributed by atoms with Gasteiger partial charge < -0.3 is 30.4 Å². The highest BCUT2D eigenvalue weighted by molar-refractivity contribution is 5.78. The minimum Gasteiger partial charge on any atom is -0.367 e. The van der Waals surface area contributed by atoms with Crippen LogP contribution in [0.2, 0.25) is 0 Å². The highest BCUT2D eigenvalue weighted by Gasteiger charge is 2.38. The molecule has 0 unspecified atom stereocenters. The fraction of sp³-hybridized carbons (Fsp3) is 0.395. The molecule has 4 atom stereocenters. The number of nitrogens with one attached hydrogen (secondary N) is 4. The van der Waals surface area contributed by atoms with E-state index in [1.165, 1.54) is 18.2 Å². The van der Waals surface area contributed by atoms with E-state index >= 15 is 8.78 Å². The predicted octanol–water partition coefficient (Wildman–Crippen LogP) is 9.31. The van der Waals surface area contributed by atoms with Gasteiger partial charge in [0.1, 0.15) is 17.3 Å². The van der Waals surface area contributed by atoms with Gasteiger partial charge in [0, 0.05) is 18.8 Å². The van der Waals surface area contributed by atoms with Gasteiger partial charge in [-0.05, 0) is 136 Å². The molecule has 2 aromatic heterocycles. The summed E-state index contributed by atoms with van der Waals surface area (Å²) >= 11 is 0. The molecule has 0 amide bonds. The molecular formula is C43H44F4N8. The normalized spacial score (nSPS) is 23.6. The van der Waals surface area contributed by atoms with Gasteiger partial charge in [-0.2, -0.15) is 0 Å². The number of halogens is 4. The molecule has 4 aliphatic rings. The summed E-state index contributed by atoms with van der Waals surface area (Å²) in [7, 11) is 0. The molecule has 6 heterocycles. The third-order valence-corrected chi connectivity index (χ3v) is 12.5. The highest BCUT2D eigenvalue weighted by Crippen LogP contribution is 2.49. The average Bonchev–Trinajstić information content (AvgIpc) is 4.04. The average molecular weight is 749 g/mol. The number of nitrogens with zero attached hydrogens (tertiary/aromatic N) is 4. The van der Waals surface area contributed by atoms with Crippen molar-refractivity contribution < 1.29 is 17.6 Å². The highest BCUT2D eigenvalue weighted by atomic mass is 19.2. The first kappa shape index (κ1) is 34.5. The molecule has 4 aliphatic heterocycles. The predicted molar refractivity (Wildman–Crippen MR) is 206 cm³/mol. The molecule has 4 fully saturated rings. The summed E-state index contributed by atoms with van der Waals surface area (Å²) in [5, 5.41) is 7.05. The molecule has 284 valence electrons. The molecule has 0 aliphatic carbocycles. The number of fused-ring (bicyclic) bond motifs is 2. The van der Waals surface area contributed by atoms with E-state index in [9.17, 15) is 8.78 Å². The summed E-state index contributed by atoms with van der Waals surface area (Å²) in [4.78, 5) is 20.8. The smallest absolute Gasteiger partial charge is 0.159 e. The molecule has 0 spiro atoms. The van der Waals surface area contributed by atoms with Crippen molar-refractivity contribution in [2.75, 3.05) is 36.0 Å². The van der Waals surface area contributed by atoms with E-state index in [0.717, 1.165) is 103 Å². The van der Waals surface area contributed by atoms with Crippen LogP contribution in [0.3, 0.4) is 0 Å². The Morgan fingerprint density at radius 2 is 1.09 bits per heavy atom. The van der Waals surface area contributed by atoms with Crippen molar-refractivity contribution in [3.63, 3.8) is 0 Å². The van der Waals surface area contributed by atoms with Crippen molar-refractivity contribution in [3.8, 4) is 0 Å². The van der Waals surface area contributed by atoms with Crippen molar-refractivity contribution in [2.45, 2.75) is 81.5 Å². The SMILES string of the molecule is Fc1ccc(C2CCN(c3c(F)cc(N4[C@@H](c5ccc6nc([C@@H]7CCCN7)[nH]c6c5)CC[C@H]4c4ccc5nc([C@@H]6CCCN6)[nH]c5c4)cc3F)CC2)cc1F. The Kier molecular flexibility index (Phi) is 8.77. The molecule has 6 aromatic rings. The molecule has 0 radical (unpaired) electrons. The summed E-state index contributed by atoms with van der Waals surface area (Å²) in [6, 6.07) is 19.7. The van der Waals surface area contributed by atoms with Crippen LogP contribution in [0.15, 0.2) is 66.7 Å². The van der Waals surface area contributed by atoms with E-state index in [0.29, 0.717) is 37.2 Å². The van der Waals surface area contributed by atoms with Crippen LogP contribution in [0.4, 0.5) is 28.9 Å². The number of rotatable bonds is 7. The number of hydrogen-bond donors (Lipinski definition) is 4. The number of anilines is 2. The Hall–Kier alpha value is -4.94. The van der Waals surface area contributed by atoms with Crippen LogP contribution in [0, 0.1) is 23.3 Å². The van der Waals surface area contributed by atoms with Crippen molar-refractivity contribution in [3.05, 3.63) is 118 Å². The van der Waals surface area contributed by atoms with Crippen molar-refractivity contribution >= 4 is 33.4 Å². The fourth-order valence-corrected chi connectivity index (χ4v) is 9.71. The number of imidazole rings is 2. The van der Waals surface area contributed by atoms with Crippen LogP contribution < -0.4 is 20.4 Å². The minimum atomic E-state index is -0.881. The Bertz CT molecular complexity index is 2240. The van der Waals surface area contributed by atoms with Crippen molar-refractivity contribution in [1.82, 2.24) is 30.6 Å². The third-order valence-electron chi connectivity index (χ3n) is 12.5. The summed E-state index contributed by atoms with van der Waals surface area (Å²) in [5.41, 5.74) is 6.99. The van der Waals surface area contributed by atoms with E-state index in [1.807, 2.05) is 0 Å². The number of piperidine rings is 1. The Morgan fingerprint density at radius 1 is 0.545 bits per heavy atom. The Labute approximate surface area is 316 Å². The maximum absolute atomic E-state index is 16.4. The molecule has 12 heteroatoms. The molecule has 55 heavy (non-hydrogen) atoms. The van der Waals surface area contributed by atoms with Crippen molar-refractivity contribution in [1.29, 1.82) is 0 Å². The zero-order valence-corrected chi connectivity index (χ0v) is 30.5. The third kappa shape index (κ3) is 6.33. The quantitative estimate of drug-likeness (QED) is 0.122.